The number of benzene rings is 1. The number of hydrogen-bond donors (Lipinski definition) is 0. The Balaban J connectivity index is 2.14. The van der Waals surface area contributed by atoms with Gasteiger partial charge < -0.3 is 0 Å². The van der Waals surface area contributed by atoms with Gasteiger partial charge in [-0.15, -0.1) is 0 Å². The van der Waals surface area contributed by atoms with Crippen molar-refractivity contribution < 1.29 is 0 Å². The van der Waals surface area contributed by atoms with Crippen LogP contribution in [0.1, 0.15) is 16.7 Å². The first-order chi connectivity index (χ1) is 8.84. The zero-order valence-electron chi connectivity index (χ0n) is 10.1. The molecule has 0 aliphatic heterocycles. The summed E-state index contributed by atoms with van der Waals surface area (Å²) in [6.07, 6.45) is 6.68. The van der Waals surface area contributed by atoms with Crippen LogP contribution in [0.5, 0.6) is 0 Å². The van der Waals surface area contributed by atoms with Gasteiger partial charge in [-0.1, -0.05) is 12.1 Å². The number of aryl methyl sites for hydroxylation is 1. The quantitative estimate of drug-likeness (QED) is 0.463. The van der Waals surface area contributed by atoms with Crippen LogP contribution in [0.4, 0.5) is 0 Å². The predicted molar refractivity (Wildman–Crippen MR) is 72.5 cm³/mol. The van der Waals surface area contributed by atoms with Gasteiger partial charge >= 0.3 is 0 Å². The van der Waals surface area contributed by atoms with Crippen molar-refractivity contribution in [2.24, 2.45) is 0 Å². The van der Waals surface area contributed by atoms with Gasteiger partial charge in [-0.05, 0) is 41.1 Å². The third-order valence-corrected chi connectivity index (χ3v) is 3.79. The Labute approximate surface area is 105 Å². The molecule has 0 fully saturated rings. The summed E-state index contributed by atoms with van der Waals surface area (Å²) in [5.74, 6) is 0. The van der Waals surface area contributed by atoms with Crippen LogP contribution in [0.2, 0.25) is 0 Å². The maximum absolute atomic E-state index is 4.55. The molecule has 2 heteroatoms. The fraction of sp³-hybridized carbons (Fsp3) is 0.125. The van der Waals surface area contributed by atoms with Gasteiger partial charge in [-0.2, -0.15) is 0 Å². The zero-order valence-corrected chi connectivity index (χ0v) is 10.1. The number of fused-ring (bicyclic) bond motifs is 4. The highest BCUT2D eigenvalue weighted by atomic mass is 14.7. The van der Waals surface area contributed by atoms with Crippen LogP contribution in [0.25, 0.3) is 22.0 Å². The first-order valence-corrected chi connectivity index (χ1v) is 6.15. The van der Waals surface area contributed by atoms with E-state index in [1.165, 1.54) is 33.0 Å². The van der Waals surface area contributed by atoms with Crippen LogP contribution in [-0.4, -0.2) is 9.97 Å². The lowest BCUT2D eigenvalue weighted by molar-refractivity contribution is 1.23. The summed E-state index contributed by atoms with van der Waals surface area (Å²) < 4.78 is 0. The molecule has 0 bridgehead atoms. The summed E-state index contributed by atoms with van der Waals surface area (Å²) in [7, 11) is 0. The molecule has 18 heavy (non-hydrogen) atoms. The number of hydrogen-bond acceptors (Lipinski definition) is 2. The fourth-order valence-corrected chi connectivity index (χ4v) is 2.96. The molecule has 2 heterocycles. The van der Waals surface area contributed by atoms with Gasteiger partial charge in [-0.25, -0.2) is 0 Å². The molecule has 0 spiro atoms. The van der Waals surface area contributed by atoms with Crippen molar-refractivity contribution >= 4 is 10.8 Å². The molecule has 1 aliphatic rings. The van der Waals surface area contributed by atoms with Gasteiger partial charge in [0.25, 0.3) is 0 Å². The van der Waals surface area contributed by atoms with Crippen LogP contribution in [0, 0.1) is 6.92 Å². The van der Waals surface area contributed by atoms with Crippen molar-refractivity contribution in [3.8, 4) is 11.3 Å². The Hall–Kier alpha value is -2.22. The lowest BCUT2D eigenvalue weighted by Crippen LogP contribution is -1.89. The first-order valence-electron chi connectivity index (χ1n) is 6.15. The molecule has 0 amide bonds. The lowest BCUT2D eigenvalue weighted by Gasteiger charge is -2.08. The molecule has 0 saturated carbocycles. The number of rotatable bonds is 0. The maximum atomic E-state index is 4.55. The van der Waals surface area contributed by atoms with Gasteiger partial charge in [0.1, 0.15) is 0 Å². The Morgan fingerprint density at radius 1 is 1.11 bits per heavy atom. The second-order valence-electron chi connectivity index (χ2n) is 4.82. The summed E-state index contributed by atoms with van der Waals surface area (Å²) >= 11 is 0. The van der Waals surface area contributed by atoms with E-state index in [2.05, 4.69) is 35.1 Å². The minimum atomic E-state index is 0.998. The zero-order chi connectivity index (χ0) is 12.1. The monoisotopic (exact) mass is 232 g/mol. The van der Waals surface area contributed by atoms with Crippen LogP contribution in [0.15, 0.2) is 42.9 Å². The molecule has 1 aromatic carbocycles. The molecule has 0 N–H and O–H groups in total. The van der Waals surface area contributed by atoms with Gasteiger partial charge in [0.2, 0.25) is 0 Å². The molecule has 0 unspecified atom stereocenters. The summed E-state index contributed by atoms with van der Waals surface area (Å²) in [6.45, 7) is 2.17. The summed E-state index contributed by atoms with van der Waals surface area (Å²) in [5, 5.41) is 2.50. The fourth-order valence-electron chi connectivity index (χ4n) is 2.96. The maximum Gasteiger partial charge on any atom is 0.0743 e. The van der Waals surface area contributed by atoms with E-state index in [0.717, 1.165) is 12.1 Å². The van der Waals surface area contributed by atoms with Crippen molar-refractivity contribution in [2.45, 2.75) is 13.3 Å². The molecular weight excluding hydrogens is 220 g/mol. The third-order valence-electron chi connectivity index (χ3n) is 3.79. The van der Waals surface area contributed by atoms with Crippen molar-refractivity contribution in [1.82, 2.24) is 9.97 Å². The number of pyridine rings is 2. The Kier molecular flexibility index (Phi) is 1.84. The highest BCUT2D eigenvalue weighted by Crippen LogP contribution is 2.40. The van der Waals surface area contributed by atoms with Crippen molar-refractivity contribution in [3.05, 3.63) is 59.5 Å². The third kappa shape index (κ3) is 1.17. The molecule has 3 aromatic rings. The number of nitrogens with zero attached hydrogens (tertiary/aromatic N) is 2. The van der Waals surface area contributed by atoms with Crippen LogP contribution >= 0.6 is 0 Å². The van der Waals surface area contributed by atoms with E-state index < -0.39 is 0 Å². The topological polar surface area (TPSA) is 25.8 Å². The molecule has 0 saturated heterocycles. The SMILES string of the molecule is Cc1c2c(cc3ccncc13)Cc1cccnc1-2. The smallest absolute Gasteiger partial charge is 0.0743 e. The van der Waals surface area contributed by atoms with Crippen LogP contribution < -0.4 is 0 Å². The number of aromatic nitrogens is 2. The van der Waals surface area contributed by atoms with Crippen molar-refractivity contribution in [3.63, 3.8) is 0 Å². The molecule has 0 radical (unpaired) electrons. The summed E-state index contributed by atoms with van der Waals surface area (Å²) in [5.41, 5.74) is 6.48. The Morgan fingerprint density at radius 3 is 3.00 bits per heavy atom. The summed E-state index contributed by atoms with van der Waals surface area (Å²) in [4.78, 5) is 8.78. The first kappa shape index (κ1) is 9.77. The highest BCUT2D eigenvalue weighted by molar-refractivity contribution is 5.94. The Bertz CT molecular complexity index is 775. The van der Waals surface area contributed by atoms with E-state index in [1.54, 1.807) is 0 Å². The molecule has 0 atom stereocenters. The largest absolute Gasteiger partial charge is 0.264 e. The van der Waals surface area contributed by atoms with Crippen LogP contribution in [-0.2, 0) is 6.42 Å². The van der Waals surface area contributed by atoms with E-state index in [1.807, 2.05) is 24.7 Å². The van der Waals surface area contributed by atoms with Crippen LogP contribution in [0.3, 0.4) is 0 Å². The van der Waals surface area contributed by atoms with Gasteiger partial charge in [-0.3, -0.25) is 9.97 Å². The highest BCUT2D eigenvalue weighted by Gasteiger charge is 2.22. The molecular formula is C16H12N2. The summed E-state index contributed by atoms with van der Waals surface area (Å²) in [6, 6.07) is 8.55. The van der Waals surface area contributed by atoms with E-state index >= 15 is 0 Å². The molecule has 4 rings (SSSR count). The minimum Gasteiger partial charge on any atom is -0.264 e. The van der Waals surface area contributed by atoms with Crippen molar-refractivity contribution in [2.75, 3.05) is 0 Å². The molecule has 2 aromatic heterocycles. The van der Waals surface area contributed by atoms with E-state index in [9.17, 15) is 0 Å². The normalized spacial score (nSPS) is 12.5. The minimum absolute atomic E-state index is 0.998. The average molecular weight is 232 g/mol. The average Bonchev–Trinajstić information content (AvgIpc) is 2.77. The van der Waals surface area contributed by atoms with Gasteiger partial charge in [0.05, 0.1) is 5.69 Å². The lowest BCUT2D eigenvalue weighted by atomic mass is 9.97. The van der Waals surface area contributed by atoms with Crippen molar-refractivity contribution in [1.29, 1.82) is 0 Å². The molecule has 2 nitrogen and oxygen atoms in total. The molecule has 86 valence electrons. The second kappa shape index (κ2) is 3.39. The predicted octanol–water partition coefficient (Wildman–Crippen LogP) is 3.51. The van der Waals surface area contributed by atoms with E-state index in [4.69, 9.17) is 0 Å². The molecule has 1 aliphatic carbocycles. The van der Waals surface area contributed by atoms with Gasteiger partial charge in [0, 0.05) is 36.0 Å². The Morgan fingerprint density at radius 2 is 2.06 bits per heavy atom. The van der Waals surface area contributed by atoms with E-state index in [-0.39, 0.29) is 0 Å². The van der Waals surface area contributed by atoms with E-state index in [0.29, 0.717) is 0 Å². The standard InChI is InChI=1S/C16H12N2/c1-10-14-9-17-6-4-11(14)7-13-8-12-3-2-5-18-16(12)15(10)13/h2-7,9H,8H2,1H3. The second-order valence-corrected chi connectivity index (χ2v) is 4.82. The van der Waals surface area contributed by atoms with Gasteiger partial charge in [0.15, 0.2) is 0 Å².